The maximum absolute atomic E-state index is 12.2. The first-order valence-corrected chi connectivity index (χ1v) is 10.4. The molecule has 3 N–H and O–H groups in total. The largest absolute Gasteiger partial charge is 0.459 e. The number of hydrogen-bond acceptors (Lipinski definition) is 8. The van der Waals surface area contributed by atoms with Crippen LogP contribution in [0, 0.1) is 0 Å². The molecule has 4 rings (SSSR count). The molecule has 31 heavy (non-hydrogen) atoms. The smallest absolute Gasteiger partial charge is 0.418 e. The van der Waals surface area contributed by atoms with Gasteiger partial charge < -0.3 is 9.32 Å². The number of carbonyl (C=O) groups is 3. The molecule has 4 heterocycles. The van der Waals surface area contributed by atoms with Gasteiger partial charge in [0.1, 0.15) is 6.04 Å². The minimum Gasteiger partial charge on any atom is -0.459 e. The third kappa shape index (κ3) is 5.78. The topological polar surface area (TPSA) is 171 Å². The zero-order valence-corrected chi connectivity index (χ0v) is 16.8. The molecule has 0 aliphatic carbocycles. The third-order valence-corrected chi connectivity index (χ3v) is 4.76. The van der Waals surface area contributed by atoms with E-state index in [0.29, 0.717) is 5.06 Å². The van der Waals surface area contributed by atoms with Crippen LogP contribution in [0.4, 0.5) is 4.79 Å². The number of hydroxylamine groups is 2. The zero-order valence-electron chi connectivity index (χ0n) is 15.9. The lowest BCUT2D eigenvalue weighted by Crippen LogP contribution is -2.54. The van der Waals surface area contributed by atoms with Crippen molar-refractivity contribution in [1.82, 2.24) is 25.8 Å². The van der Waals surface area contributed by atoms with Crippen LogP contribution in [-0.4, -0.2) is 64.4 Å². The van der Waals surface area contributed by atoms with Gasteiger partial charge in [-0.05, 0) is 37.1 Å². The molecule has 0 saturated carbocycles. The Morgan fingerprint density at radius 1 is 1.16 bits per heavy atom. The van der Waals surface area contributed by atoms with E-state index in [1.54, 1.807) is 12.4 Å². The van der Waals surface area contributed by atoms with E-state index in [9.17, 15) is 22.8 Å². The molecule has 0 unspecified atom stereocenters. The summed E-state index contributed by atoms with van der Waals surface area (Å²) in [6.45, 7) is 0.0541. The Bertz CT molecular complexity index is 988. The summed E-state index contributed by atoms with van der Waals surface area (Å²) < 4.78 is 39.5. The van der Waals surface area contributed by atoms with E-state index < -0.39 is 40.3 Å². The fourth-order valence-corrected chi connectivity index (χ4v) is 3.48. The highest BCUT2D eigenvalue weighted by Crippen LogP contribution is 2.30. The van der Waals surface area contributed by atoms with Crippen molar-refractivity contribution >= 4 is 28.2 Å². The molecule has 0 aromatic carbocycles. The van der Waals surface area contributed by atoms with Gasteiger partial charge in [-0.3, -0.25) is 30.0 Å². The molecule has 2 aliphatic rings. The molecule has 2 atom stereocenters. The Kier molecular flexibility index (Phi) is 6.84. The van der Waals surface area contributed by atoms with Gasteiger partial charge in [-0.15, -0.1) is 4.28 Å². The van der Waals surface area contributed by atoms with E-state index in [1.165, 1.54) is 18.4 Å². The first-order chi connectivity index (χ1) is 14.8. The highest BCUT2D eigenvalue weighted by molar-refractivity contribution is 7.80. The molecule has 4 amide bonds. The van der Waals surface area contributed by atoms with E-state index >= 15 is 0 Å². The summed E-state index contributed by atoms with van der Waals surface area (Å²) in [5.74, 6) is -1.33. The van der Waals surface area contributed by atoms with Crippen molar-refractivity contribution in [3.05, 3.63) is 54.7 Å². The molecule has 2 saturated heterocycles. The van der Waals surface area contributed by atoms with Crippen LogP contribution in [0.1, 0.15) is 23.4 Å². The second-order valence-corrected chi connectivity index (χ2v) is 7.46. The van der Waals surface area contributed by atoms with E-state index in [0.717, 1.165) is 4.90 Å². The number of furan rings is 1. The van der Waals surface area contributed by atoms with Gasteiger partial charge in [0.15, 0.2) is 5.76 Å². The Morgan fingerprint density at radius 2 is 1.90 bits per heavy atom. The number of nitrogens with zero attached hydrogens (tertiary/aromatic N) is 3. The molecule has 14 heteroatoms. The number of urea groups is 1. The molecule has 0 spiro atoms. The van der Waals surface area contributed by atoms with Crippen LogP contribution in [0.3, 0.4) is 0 Å². The van der Waals surface area contributed by atoms with Gasteiger partial charge in [0.2, 0.25) is 0 Å². The summed E-state index contributed by atoms with van der Waals surface area (Å²) in [6.07, 6.45) is 5.30. The van der Waals surface area contributed by atoms with Crippen LogP contribution < -0.4 is 10.9 Å². The van der Waals surface area contributed by atoms with Crippen molar-refractivity contribution in [2.45, 2.75) is 24.9 Å². The summed E-state index contributed by atoms with van der Waals surface area (Å²) in [7, 11) is -4.85. The molecule has 166 valence electrons. The third-order valence-electron chi connectivity index (χ3n) is 4.41. The first-order valence-electron chi connectivity index (χ1n) is 9.02. The quantitative estimate of drug-likeness (QED) is 0.430. The normalized spacial score (nSPS) is 20.0. The van der Waals surface area contributed by atoms with Gasteiger partial charge in [-0.2, -0.15) is 13.5 Å². The summed E-state index contributed by atoms with van der Waals surface area (Å²) >= 11 is 0. The van der Waals surface area contributed by atoms with Gasteiger partial charge >= 0.3 is 22.3 Å². The molecule has 13 nitrogen and oxygen atoms in total. The van der Waals surface area contributed by atoms with E-state index in [-0.39, 0.29) is 25.1 Å². The van der Waals surface area contributed by atoms with Crippen LogP contribution in [0.25, 0.3) is 0 Å². The van der Waals surface area contributed by atoms with Crippen LogP contribution in [0.5, 0.6) is 0 Å². The maximum Gasteiger partial charge on any atom is 0.418 e. The summed E-state index contributed by atoms with van der Waals surface area (Å²) in [6, 6.07) is 6.24. The number of rotatable bonds is 4. The molecule has 2 fully saturated rings. The van der Waals surface area contributed by atoms with Gasteiger partial charge in [-0.1, -0.05) is 6.07 Å². The van der Waals surface area contributed by atoms with Crippen molar-refractivity contribution in [1.29, 1.82) is 0 Å². The highest BCUT2D eigenvalue weighted by atomic mass is 32.3. The van der Waals surface area contributed by atoms with Gasteiger partial charge in [0.25, 0.3) is 5.91 Å². The Balaban J connectivity index is 0.000000391. The van der Waals surface area contributed by atoms with Crippen LogP contribution in [-0.2, 0) is 19.5 Å². The van der Waals surface area contributed by atoms with Crippen molar-refractivity contribution in [3.63, 3.8) is 0 Å². The fraction of sp³-hybridized carbons (Fsp3) is 0.294. The highest BCUT2D eigenvalue weighted by Gasteiger charge is 2.49. The molecule has 0 radical (unpaired) electrons. The lowest BCUT2D eigenvalue weighted by atomic mass is 10.0. The van der Waals surface area contributed by atoms with Crippen LogP contribution >= 0.6 is 0 Å². The number of fused-ring (bicyclic) bond motifs is 2. The number of aromatic nitrogens is 1. The summed E-state index contributed by atoms with van der Waals surface area (Å²) in [4.78, 5) is 41.0. The number of pyridine rings is 1. The average molecular weight is 453 g/mol. The molecular weight excluding hydrogens is 434 g/mol. The number of nitrogens with one attached hydrogen (secondary N) is 2. The van der Waals surface area contributed by atoms with E-state index in [2.05, 4.69) is 20.1 Å². The Labute approximate surface area is 176 Å². The molecule has 2 aromatic rings. The Hall–Kier alpha value is -3.49. The second kappa shape index (κ2) is 9.55. The van der Waals surface area contributed by atoms with Crippen molar-refractivity contribution < 1.29 is 36.1 Å². The second-order valence-electron chi connectivity index (χ2n) is 6.46. The first kappa shape index (κ1) is 22.2. The summed E-state index contributed by atoms with van der Waals surface area (Å²) in [5, 5.41) is 0.532. The van der Waals surface area contributed by atoms with Gasteiger partial charge in [-0.25, -0.2) is 4.79 Å². The number of carbonyl (C=O) groups excluding carboxylic acids is 3. The zero-order chi connectivity index (χ0) is 22.4. The predicted octanol–water partition coefficient (Wildman–Crippen LogP) is 0.125. The van der Waals surface area contributed by atoms with E-state index in [4.69, 9.17) is 8.97 Å². The number of amides is 4. The van der Waals surface area contributed by atoms with Crippen molar-refractivity contribution in [2.24, 2.45) is 0 Å². The maximum atomic E-state index is 12.2. The predicted molar refractivity (Wildman–Crippen MR) is 102 cm³/mol. The lowest BCUT2D eigenvalue weighted by Gasteiger charge is -2.29. The number of hydrogen-bond donors (Lipinski definition) is 3. The van der Waals surface area contributed by atoms with Crippen molar-refractivity contribution in [2.75, 3.05) is 6.54 Å². The minimum atomic E-state index is -4.85. The Morgan fingerprint density at radius 3 is 2.45 bits per heavy atom. The van der Waals surface area contributed by atoms with Crippen LogP contribution in [0.2, 0.25) is 0 Å². The molecule has 2 aliphatic heterocycles. The fourth-order valence-electron chi connectivity index (χ4n) is 3.09. The SMILES string of the molecule is O=C(NNC(=O)[C@@H]1CC[C@@H]2CN1C(=O)N2OS(=O)(=O)O)c1ccco1.c1ccncc1. The average Bonchev–Trinajstić information content (AvgIpc) is 3.37. The molecule has 2 aromatic heterocycles. The summed E-state index contributed by atoms with van der Waals surface area (Å²) in [5.41, 5.74) is 4.34. The van der Waals surface area contributed by atoms with Gasteiger partial charge in [0.05, 0.1) is 12.3 Å². The van der Waals surface area contributed by atoms with E-state index in [1.807, 2.05) is 18.2 Å². The number of hydrazine groups is 1. The lowest BCUT2D eigenvalue weighted by molar-refractivity contribution is -0.126. The number of piperidine rings is 1. The minimum absolute atomic E-state index is 0.00557. The monoisotopic (exact) mass is 453 g/mol. The van der Waals surface area contributed by atoms with Crippen molar-refractivity contribution in [3.8, 4) is 0 Å². The molecular formula is C17H19N5O8S. The van der Waals surface area contributed by atoms with Crippen LogP contribution in [0.15, 0.2) is 53.4 Å². The molecule has 2 bridgehead atoms. The van der Waals surface area contributed by atoms with Gasteiger partial charge in [0, 0.05) is 18.9 Å². The standard InChI is InChI=1S/C12H14N4O8S.C5H5N/c17-10(13-14-11(18)9-2-1-5-23-9)8-4-3-7-6-15(8)12(19)16(7)24-25(20,21)22;1-2-4-6-5-3-1/h1-2,5,7-8H,3-4,6H2,(H,13,17)(H,14,18)(H,20,21,22);1-5H/t7-,8+;/m1./s1.